The second-order valence-corrected chi connectivity index (χ2v) is 4.03. The van der Waals surface area contributed by atoms with E-state index in [1.54, 1.807) is 0 Å². The third kappa shape index (κ3) is 3.49. The van der Waals surface area contributed by atoms with Crippen LogP contribution in [-0.2, 0) is 9.59 Å². The molecule has 23 heavy (non-hydrogen) atoms. The lowest BCUT2D eigenvalue weighted by atomic mass is 10.2. The lowest BCUT2D eigenvalue weighted by Crippen LogP contribution is -2.30. The van der Waals surface area contributed by atoms with E-state index in [9.17, 15) is 35.9 Å². The van der Waals surface area contributed by atoms with Crippen LogP contribution in [-0.4, -0.2) is 34.5 Å². The van der Waals surface area contributed by atoms with E-state index in [1.165, 1.54) is 10.6 Å². The van der Waals surface area contributed by atoms with E-state index in [0.717, 1.165) is 12.1 Å². The maximum atomic E-state index is 12.2. The van der Waals surface area contributed by atoms with E-state index in [-0.39, 0.29) is 0 Å². The molecule has 0 saturated heterocycles. The molecule has 0 unspecified atom stereocenters. The molecule has 1 aromatic carbocycles. The number of hydrogen-bond acceptors (Lipinski definition) is 5. The highest BCUT2D eigenvalue weighted by atomic mass is 19.4. The van der Waals surface area contributed by atoms with Gasteiger partial charge in [-0.05, 0) is 22.4 Å². The normalized spacial score (nSPS) is 12.3. The van der Waals surface area contributed by atoms with Crippen molar-refractivity contribution in [1.82, 2.24) is 10.3 Å². The molecule has 0 bridgehead atoms. The van der Waals surface area contributed by atoms with Gasteiger partial charge >= 0.3 is 24.2 Å². The molecule has 13 heteroatoms. The average Bonchev–Trinajstić information content (AvgIpc) is 2.88. The molecule has 1 heterocycles. The third-order valence-electron chi connectivity index (χ3n) is 2.43. The number of rotatable bonds is 2. The molecule has 2 amide bonds. The summed E-state index contributed by atoms with van der Waals surface area (Å²) in [6.45, 7) is 0. The lowest BCUT2D eigenvalue weighted by Gasteiger charge is -2.10. The Balaban J connectivity index is 2.36. The van der Waals surface area contributed by atoms with E-state index < -0.39 is 46.6 Å². The van der Waals surface area contributed by atoms with Crippen molar-refractivity contribution in [3.8, 4) is 0 Å². The molecular weight excluding hydrogens is 338 g/mol. The molecular formula is C10H4F6N4O3. The summed E-state index contributed by atoms with van der Waals surface area (Å²) in [6, 6.07) is 1.62. The van der Waals surface area contributed by atoms with Crippen LogP contribution in [0.5, 0.6) is 0 Å². The SMILES string of the molecule is O=C(Nc1ccc(NC(=O)C(F)(F)F)c2nonc12)C(F)(F)F. The van der Waals surface area contributed by atoms with Crippen molar-refractivity contribution < 1.29 is 40.6 Å². The highest BCUT2D eigenvalue weighted by molar-refractivity contribution is 6.07. The minimum Gasteiger partial charge on any atom is -0.316 e. The van der Waals surface area contributed by atoms with Gasteiger partial charge in [-0.3, -0.25) is 9.59 Å². The zero-order valence-electron chi connectivity index (χ0n) is 10.5. The summed E-state index contributed by atoms with van der Waals surface area (Å²) in [6.07, 6.45) is -10.4. The summed E-state index contributed by atoms with van der Waals surface area (Å²) in [5.74, 6) is -4.65. The quantitative estimate of drug-likeness (QED) is 0.816. The minimum absolute atomic E-state index is 0.470. The molecule has 0 aliphatic carbocycles. The Morgan fingerprint density at radius 1 is 0.826 bits per heavy atom. The van der Waals surface area contributed by atoms with Crippen LogP contribution in [0.15, 0.2) is 16.8 Å². The number of carbonyl (C=O) groups is 2. The Labute approximate surface area is 121 Å². The molecule has 0 spiro atoms. The van der Waals surface area contributed by atoms with Crippen LogP contribution in [0, 0.1) is 0 Å². The van der Waals surface area contributed by atoms with Gasteiger partial charge < -0.3 is 10.6 Å². The summed E-state index contributed by atoms with van der Waals surface area (Å²) in [4.78, 5) is 21.7. The minimum atomic E-state index is -5.19. The fraction of sp³-hybridized carbons (Fsp3) is 0.200. The number of aromatic nitrogens is 2. The number of amides is 2. The molecule has 0 radical (unpaired) electrons. The van der Waals surface area contributed by atoms with Crippen LogP contribution in [0.1, 0.15) is 0 Å². The van der Waals surface area contributed by atoms with Crippen molar-refractivity contribution in [2.45, 2.75) is 12.4 Å². The monoisotopic (exact) mass is 342 g/mol. The fourth-order valence-corrected chi connectivity index (χ4v) is 1.45. The Bertz CT molecular complexity index is 704. The van der Waals surface area contributed by atoms with Crippen molar-refractivity contribution >= 4 is 34.2 Å². The number of nitrogens with one attached hydrogen (secondary N) is 2. The van der Waals surface area contributed by atoms with E-state index >= 15 is 0 Å². The van der Waals surface area contributed by atoms with Crippen LogP contribution in [0.3, 0.4) is 0 Å². The standard InChI is InChI=1S/C10H4F6N4O3/c11-9(12,13)7(21)17-3-1-2-4(6-5(3)19-23-20-6)18-8(22)10(14,15)16/h1-2H,(H,17,21)(H,18,22). The van der Waals surface area contributed by atoms with Gasteiger partial charge in [-0.25, -0.2) is 4.63 Å². The Morgan fingerprint density at radius 3 is 1.48 bits per heavy atom. The molecule has 7 nitrogen and oxygen atoms in total. The molecule has 2 N–H and O–H groups in total. The number of alkyl halides is 6. The van der Waals surface area contributed by atoms with Crippen LogP contribution < -0.4 is 10.6 Å². The van der Waals surface area contributed by atoms with Crippen molar-refractivity contribution in [2.24, 2.45) is 0 Å². The smallest absolute Gasteiger partial charge is 0.316 e. The van der Waals surface area contributed by atoms with E-state index in [4.69, 9.17) is 0 Å². The summed E-state index contributed by atoms with van der Waals surface area (Å²) in [7, 11) is 0. The number of nitrogens with zero attached hydrogens (tertiary/aromatic N) is 2. The average molecular weight is 342 g/mol. The number of hydrogen-bond donors (Lipinski definition) is 2. The highest BCUT2D eigenvalue weighted by Crippen LogP contribution is 2.30. The fourth-order valence-electron chi connectivity index (χ4n) is 1.45. The third-order valence-corrected chi connectivity index (χ3v) is 2.43. The Kier molecular flexibility index (Phi) is 3.88. The summed E-state index contributed by atoms with van der Waals surface area (Å²) in [5.41, 5.74) is -1.95. The topological polar surface area (TPSA) is 97.1 Å². The van der Waals surface area contributed by atoms with Crippen LogP contribution in [0.4, 0.5) is 37.7 Å². The molecule has 0 aliphatic rings. The van der Waals surface area contributed by atoms with Crippen molar-refractivity contribution in [3.63, 3.8) is 0 Å². The predicted octanol–water partition coefficient (Wildman–Crippen LogP) is 2.22. The number of halogens is 6. The van der Waals surface area contributed by atoms with E-state index in [2.05, 4.69) is 14.9 Å². The highest BCUT2D eigenvalue weighted by Gasteiger charge is 2.40. The molecule has 0 fully saturated rings. The summed E-state index contributed by atoms with van der Waals surface area (Å²) in [5, 5.41) is 9.29. The Morgan fingerprint density at radius 2 is 1.17 bits per heavy atom. The largest absolute Gasteiger partial charge is 0.471 e. The van der Waals surface area contributed by atoms with Crippen LogP contribution >= 0.6 is 0 Å². The van der Waals surface area contributed by atoms with Gasteiger partial charge in [0.1, 0.15) is 0 Å². The maximum Gasteiger partial charge on any atom is 0.471 e. The summed E-state index contributed by atoms with van der Waals surface area (Å²) < 4.78 is 77.4. The van der Waals surface area contributed by atoms with Crippen molar-refractivity contribution in [1.29, 1.82) is 0 Å². The maximum absolute atomic E-state index is 12.2. The van der Waals surface area contributed by atoms with Gasteiger partial charge in [0.2, 0.25) is 0 Å². The zero-order valence-corrected chi connectivity index (χ0v) is 10.5. The first-order valence-electron chi connectivity index (χ1n) is 5.52. The van der Waals surface area contributed by atoms with Gasteiger partial charge in [0.05, 0.1) is 11.4 Å². The molecule has 124 valence electrons. The van der Waals surface area contributed by atoms with Crippen LogP contribution in [0.25, 0.3) is 11.0 Å². The van der Waals surface area contributed by atoms with Gasteiger partial charge in [0, 0.05) is 0 Å². The molecule has 0 atom stereocenters. The van der Waals surface area contributed by atoms with Gasteiger partial charge in [-0.15, -0.1) is 0 Å². The van der Waals surface area contributed by atoms with Crippen LogP contribution in [0.2, 0.25) is 0 Å². The molecule has 1 aromatic heterocycles. The first-order valence-corrected chi connectivity index (χ1v) is 5.52. The number of carbonyl (C=O) groups excluding carboxylic acids is 2. The molecule has 2 rings (SSSR count). The van der Waals surface area contributed by atoms with Gasteiger partial charge in [0.25, 0.3) is 0 Å². The van der Waals surface area contributed by atoms with Gasteiger partial charge in [-0.2, -0.15) is 26.3 Å². The van der Waals surface area contributed by atoms with Gasteiger partial charge in [-0.1, -0.05) is 0 Å². The van der Waals surface area contributed by atoms with Gasteiger partial charge in [0.15, 0.2) is 11.0 Å². The Hall–Kier alpha value is -2.86. The lowest BCUT2D eigenvalue weighted by molar-refractivity contribution is -0.167. The number of fused-ring (bicyclic) bond motifs is 1. The molecule has 0 saturated carbocycles. The zero-order chi connectivity index (χ0) is 17.4. The number of benzene rings is 1. The predicted molar refractivity (Wildman–Crippen MR) is 61.2 cm³/mol. The molecule has 2 aromatic rings. The second-order valence-electron chi connectivity index (χ2n) is 4.03. The number of anilines is 2. The van der Waals surface area contributed by atoms with E-state index in [1.807, 2.05) is 0 Å². The first kappa shape index (κ1) is 16.5. The van der Waals surface area contributed by atoms with E-state index in [0.29, 0.717) is 0 Å². The molecule has 0 aliphatic heterocycles. The first-order chi connectivity index (χ1) is 10.5. The second kappa shape index (κ2) is 5.40. The van der Waals surface area contributed by atoms with Crippen molar-refractivity contribution in [3.05, 3.63) is 12.1 Å². The van der Waals surface area contributed by atoms with Crippen molar-refractivity contribution in [2.75, 3.05) is 10.6 Å². The summed E-state index contributed by atoms with van der Waals surface area (Å²) >= 11 is 0.